The molecule has 0 aromatic carbocycles. The summed E-state index contributed by atoms with van der Waals surface area (Å²) >= 11 is 0. The van der Waals surface area contributed by atoms with Crippen molar-refractivity contribution in [2.45, 2.75) is 27.7 Å². The van der Waals surface area contributed by atoms with Crippen molar-refractivity contribution in [3.63, 3.8) is 0 Å². The average molecular weight is 168 g/mol. The van der Waals surface area contributed by atoms with Gasteiger partial charge in [-0.25, -0.2) is 0 Å². The Labute approximate surface area is 75.7 Å². The molecular formula is C10H20N2. The highest BCUT2D eigenvalue weighted by molar-refractivity contribution is 5.26. The average Bonchev–Trinajstić information content (AvgIpc) is 2.11. The van der Waals surface area contributed by atoms with Crippen LogP contribution in [-0.2, 0) is 0 Å². The molecule has 2 heteroatoms. The monoisotopic (exact) mass is 168 g/mol. The normalized spacial score (nSPS) is 13.0. The van der Waals surface area contributed by atoms with Gasteiger partial charge in [0.05, 0.1) is 11.4 Å². The lowest BCUT2D eigenvalue weighted by atomic mass is 10.3. The van der Waals surface area contributed by atoms with Crippen LogP contribution in [0.15, 0.2) is 23.5 Å². The zero-order chi connectivity index (χ0) is 9.40. The highest BCUT2D eigenvalue weighted by Crippen LogP contribution is 2.01. The number of likely N-dealkylation sites (N-methyl/N-ethyl adjacent to an activating group) is 2. The Morgan fingerprint density at radius 3 is 1.42 bits per heavy atom. The molecule has 0 fully saturated rings. The molecule has 0 aliphatic rings. The Kier molecular flexibility index (Phi) is 6.25. The van der Waals surface area contributed by atoms with E-state index in [0.29, 0.717) is 0 Å². The second-order valence-corrected chi connectivity index (χ2v) is 2.47. The van der Waals surface area contributed by atoms with Gasteiger partial charge in [0.2, 0.25) is 0 Å². The van der Waals surface area contributed by atoms with Gasteiger partial charge < -0.3 is 10.6 Å². The minimum atomic E-state index is 0.961. The van der Waals surface area contributed by atoms with Crippen LogP contribution in [0.5, 0.6) is 0 Å². The van der Waals surface area contributed by atoms with Crippen molar-refractivity contribution in [3.8, 4) is 0 Å². The maximum absolute atomic E-state index is 3.30. The van der Waals surface area contributed by atoms with Crippen LogP contribution in [0.3, 0.4) is 0 Å². The summed E-state index contributed by atoms with van der Waals surface area (Å²) in [5.41, 5.74) is 2.36. The van der Waals surface area contributed by atoms with Crippen molar-refractivity contribution < 1.29 is 0 Å². The summed E-state index contributed by atoms with van der Waals surface area (Å²) < 4.78 is 0. The second kappa shape index (κ2) is 6.77. The third kappa shape index (κ3) is 3.46. The molecule has 2 N–H and O–H groups in total. The van der Waals surface area contributed by atoms with E-state index in [1.54, 1.807) is 0 Å². The zero-order valence-electron chi connectivity index (χ0n) is 8.57. The lowest BCUT2D eigenvalue weighted by Gasteiger charge is -2.13. The third-order valence-electron chi connectivity index (χ3n) is 1.60. The molecule has 0 aliphatic heterocycles. The van der Waals surface area contributed by atoms with Gasteiger partial charge in [0.25, 0.3) is 0 Å². The molecule has 0 saturated heterocycles. The number of hydrogen-bond donors (Lipinski definition) is 2. The first-order chi connectivity index (χ1) is 5.79. The van der Waals surface area contributed by atoms with E-state index in [1.807, 2.05) is 13.8 Å². The molecule has 70 valence electrons. The minimum Gasteiger partial charge on any atom is -0.384 e. The molecule has 0 unspecified atom stereocenters. The Hall–Kier alpha value is -0.920. The molecular weight excluding hydrogens is 148 g/mol. The molecule has 0 aliphatic carbocycles. The summed E-state index contributed by atoms with van der Waals surface area (Å²) in [6.45, 7) is 10.2. The first-order valence-corrected chi connectivity index (χ1v) is 4.60. The van der Waals surface area contributed by atoms with Gasteiger partial charge in [-0.1, -0.05) is 12.2 Å². The van der Waals surface area contributed by atoms with Crippen LogP contribution in [0.25, 0.3) is 0 Å². The maximum Gasteiger partial charge on any atom is 0.0529 e. The van der Waals surface area contributed by atoms with Crippen molar-refractivity contribution in [2.24, 2.45) is 0 Å². The topological polar surface area (TPSA) is 24.1 Å². The minimum absolute atomic E-state index is 0.961. The van der Waals surface area contributed by atoms with E-state index in [1.165, 1.54) is 11.4 Å². The predicted octanol–water partition coefficient (Wildman–Crippen LogP) is 2.01. The highest BCUT2D eigenvalue weighted by Gasteiger charge is 1.98. The lowest BCUT2D eigenvalue weighted by Crippen LogP contribution is -2.22. The van der Waals surface area contributed by atoms with E-state index in [2.05, 4.69) is 36.6 Å². The number of nitrogens with one attached hydrogen (secondary N) is 2. The SMILES string of the molecule is C/C=C(NCC)/C(=C/C)NCC. The Bertz CT molecular complexity index is 149. The fourth-order valence-electron chi connectivity index (χ4n) is 1.09. The molecule has 0 rings (SSSR count). The molecule has 0 bridgehead atoms. The summed E-state index contributed by atoms with van der Waals surface area (Å²) in [5, 5.41) is 6.60. The number of allylic oxidation sites excluding steroid dienone is 2. The molecule has 0 amide bonds. The van der Waals surface area contributed by atoms with Gasteiger partial charge in [-0.2, -0.15) is 0 Å². The summed E-state index contributed by atoms with van der Waals surface area (Å²) in [7, 11) is 0. The van der Waals surface area contributed by atoms with E-state index < -0.39 is 0 Å². The molecule has 0 radical (unpaired) electrons. The van der Waals surface area contributed by atoms with Gasteiger partial charge in [-0.15, -0.1) is 0 Å². The van der Waals surface area contributed by atoms with Gasteiger partial charge in [0.1, 0.15) is 0 Å². The molecule has 0 atom stereocenters. The summed E-state index contributed by atoms with van der Waals surface area (Å²) in [6.07, 6.45) is 4.17. The third-order valence-corrected chi connectivity index (χ3v) is 1.60. The van der Waals surface area contributed by atoms with E-state index in [4.69, 9.17) is 0 Å². The van der Waals surface area contributed by atoms with Crippen molar-refractivity contribution in [2.75, 3.05) is 13.1 Å². The molecule has 0 spiro atoms. The van der Waals surface area contributed by atoms with Gasteiger partial charge in [-0.3, -0.25) is 0 Å². The molecule has 0 saturated carbocycles. The van der Waals surface area contributed by atoms with Crippen LogP contribution in [0, 0.1) is 0 Å². The first kappa shape index (κ1) is 11.1. The smallest absolute Gasteiger partial charge is 0.0529 e. The van der Waals surface area contributed by atoms with Gasteiger partial charge in [-0.05, 0) is 27.7 Å². The van der Waals surface area contributed by atoms with Crippen molar-refractivity contribution in [1.82, 2.24) is 10.6 Å². The maximum atomic E-state index is 3.30. The van der Waals surface area contributed by atoms with Gasteiger partial charge in [0, 0.05) is 13.1 Å². The van der Waals surface area contributed by atoms with Gasteiger partial charge in [0.15, 0.2) is 0 Å². The van der Waals surface area contributed by atoms with Crippen LogP contribution < -0.4 is 10.6 Å². The van der Waals surface area contributed by atoms with E-state index in [9.17, 15) is 0 Å². The number of rotatable bonds is 5. The molecule has 0 aromatic rings. The van der Waals surface area contributed by atoms with Crippen molar-refractivity contribution in [3.05, 3.63) is 23.5 Å². The molecule has 2 nitrogen and oxygen atoms in total. The second-order valence-electron chi connectivity index (χ2n) is 2.47. The predicted molar refractivity (Wildman–Crippen MR) is 54.9 cm³/mol. The summed E-state index contributed by atoms with van der Waals surface area (Å²) in [5.74, 6) is 0. The Balaban J connectivity index is 4.26. The lowest BCUT2D eigenvalue weighted by molar-refractivity contribution is 0.785. The van der Waals surface area contributed by atoms with Crippen LogP contribution >= 0.6 is 0 Å². The molecule has 0 aromatic heterocycles. The number of hydrogen-bond acceptors (Lipinski definition) is 2. The Morgan fingerprint density at radius 1 is 0.917 bits per heavy atom. The van der Waals surface area contributed by atoms with Crippen molar-refractivity contribution in [1.29, 1.82) is 0 Å². The molecule has 0 heterocycles. The fourth-order valence-corrected chi connectivity index (χ4v) is 1.09. The standard InChI is InChI=1S/C10H20N2/c1-5-9(11-7-3)10(6-2)12-8-4/h5-6,11-12H,7-8H2,1-4H3/b9-5-,10-6-. The van der Waals surface area contributed by atoms with Crippen LogP contribution in [-0.4, -0.2) is 13.1 Å². The van der Waals surface area contributed by atoms with E-state index in [0.717, 1.165) is 13.1 Å². The molecule has 12 heavy (non-hydrogen) atoms. The first-order valence-electron chi connectivity index (χ1n) is 4.60. The van der Waals surface area contributed by atoms with E-state index in [-0.39, 0.29) is 0 Å². The quantitative estimate of drug-likeness (QED) is 0.614. The fraction of sp³-hybridized carbons (Fsp3) is 0.600. The van der Waals surface area contributed by atoms with Gasteiger partial charge >= 0.3 is 0 Å². The summed E-state index contributed by atoms with van der Waals surface area (Å²) in [6, 6.07) is 0. The van der Waals surface area contributed by atoms with Crippen LogP contribution in [0.4, 0.5) is 0 Å². The highest BCUT2D eigenvalue weighted by atomic mass is 15.0. The zero-order valence-corrected chi connectivity index (χ0v) is 8.57. The van der Waals surface area contributed by atoms with E-state index >= 15 is 0 Å². The Morgan fingerprint density at radius 2 is 1.25 bits per heavy atom. The summed E-state index contributed by atoms with van der Waals surface area (Å²) in [4.78, 5) is 0. The largest absolute Gasteiger partial charge is 0.384 e. The van der Waals surface area contributed by atoms with Crippen molar-refractivity contribution >= 4 is 0 Å². The van der Waals surface area contributed by atoms with Crippen LogP contribution in [0.2, 0.25) is 0 Å². The van der Waals surface area contributed by atoms with Crippen LogP contribution in [0.1, 0.15) is 27.7 Å².